The normalized spacial score (nSPS) is 11.1. The molecule has 0 saturated carbocycles. The summed E-state index contributed by atoms with van der Waals surface area (Å²) in [6.07, 6.45) is -0.541. The highest BCUT2D eigenvalue weighted by Crippen LogP contribution is 1.91. The molecule has 0 aromatic carbocycles. The molecule has 0 aliphatic carbocycles. The number of urea groups is 1. The number of carbonyl (C=O) groups excluding carboxylic acids is 3. The zero-order chi connectivity index (χ0) is 13.4. The van der Waals surface area contributed by atoms with E-state index < -0.39 is 42.9 Å². The fourth-order valence-corrected chi connectivity index (χ4v) is 0.835. The van der Waals surface area contributed by atoms with E-state index in [0.717, 1.165) is 7.11 Å². The van der Waals surface area contributed by atoms with Gasteiger partial charge in [-0.2, -0.15) is 0 Å². The summed E-state index contributed by atoms with van der Waals surface area (Å²) >= 11 is 0. The Morgan fingerprint density at radius 1 is 1.35 bits per heavy atom. The van der Waals surface area contributed by atoms with Crippen molar-refractivity contribution in [2.45, 2.75) is 12.5 Å². The number of rotatable bonds is 6. The number of nitrogens with one attached hydrogen (secondary N) is 2. The van der Waals surface area contributed by atoms with Crippen molar-refractivity contribution in [2.75, 3.05) is 13.7 Å². The number of esters is 1. The summed E-state index contributed by atoms with van der Waals surface area (Å²) in [6.45, 7) is -0.411. The number of carboxylic acids is 1. The Labute approximate surface area is 96.3 Å². The van der Waals surface area contributed by atoms with Crippen molar-refractivity contribution < 1.29 is 29.0 Å². The first kappa shape index (κ1) is 14.7. The lowest BCUT2D eigenvalue weighted by atomic mass is 10.2. The van der Waals surface area contributed by atoms with Crippen LogP contribution in [0.4, 0.5) is 4.79 Å². The smallest absolute Gasteiger partial charge is 0.326 e. The minimum absolute atomic E-state index is 0.411. The second-order valence-corrected chi connectivity index (χ2v) is 2.96. The molecule has 96 valence electrons. The van der Waals surface area contributed by atoms with Gasteiger partial charge in [-0.05, 0) is 0 Å². The fraction of sp³-hybridized carbons (Fsp3) is 0.500. The molecule has 0 spiro atoms. The van der Waals surface area contributed by atoms with Crippen molar-refractivity contribution in [1.82, 2.24) is 10.6 Å². The first-order chi connectivity index (χ1) is 7.86. The average Bonchev–Trinajstić information content (AvgIpc) is 2.24. The first-order valence-corrected chi connectivity index (χ1v) is 4.49. The highest BCUT2D eigenvalue weighted by Gasteiger charge is 2.22. The summed E-state index contributed by atoms with van der Waals surface area (Å²) in [6, 6.07) is -2.35. The van der Waals surface area contributed by atoms with Gasteiger partial charge in [-0.25, -0.2) is 9.59 Å². The number of primary amides is 1. The Bertz CT molecular complexity index is 329. The molecular formula is C8H13N3O6. The van der Waals surface area contributed by atoms with Crippen LogP contribution in [-0.2, 0) is 19.1 Å². The molecule has 0 heterocycles. The van der Waals surface area contributed by atoms with E-state index in [-0.39, 0.29) is 0 Å². The van der Waals surface area contributed by atoms with Crippen molar-refractivity contribution in [3.63, 3.8) is 0 Å². The molecule has 0 aromatic rings. The quantitative estimate of drug-likeness (QED) is 0.391. The van der Waals surface area contributed by atoms with Crippen LogP contribution in [0, 0.1) is 0 Å². The molecule has 0 aliphatic heterocycles. The van der Waals surface area contributed by atoms with Crippen molar-refractivity contribution in [2.24, 2.45) is 5.73 Å². The number of aliphatic carboxylic acids is 1. The van der Waals surface area contributed by atoms with Crippen LogP contribution in [-0.4, -0.2) is 48.7 Å². The zero-order valence-electron chi connectivity index (χ0n) is 9.06. The van der Waals surface area contributed by atoms with E-state index in [9.17, 15) is 19.2 Å². The summed E-state index contributed by atoms with van der Waals surface area (Å²) in [4.78, 5) is 42.9. The molecule has 0 saturated heterocycles. The van der Waals surface area contributed by atoms with Crippen molar-refractivity contribution >= 4 is 23.9 Å². The molecule has 0 bridgehead atoms. The topological polar surface area (TPSA) is 148 Å². The number of hydrogen-bond donors (Lipinski definition) is 4. The number of nitrogens with two attached hydrogens (primary N) is 1. The van der Waals surface area contributed by atoms with Crippen LogP contribution in [0.2, 0.25) is 0 Å². The van der Waals surface area contributed by atoms with Crippen LogP contribution in [0.3, 0.4) is 0 Å². The third-order valence-electron chi connectivity index (χ3n) is 1.63. The lowest BCUT2D eigenvalue weighted by Crippen LogP contribution is -2.48. The molecule has 0 aliphatic rings. The maximum absolute atomic E-state index is 11.1. The Hall–Kier alpha value is -2.32. The maximum Gasteiger partial charge on any atom is 0.326 e. The lowest BCUT2D eigenvalue weighted by Gasteiger charge is -2.12. The van der Waals surface area contributed by atoms with Gasteiger partial charge in [-0.15, -0.1) is 0 Å². The fourth-order valence-electron chi connectivity index (χ4n) is 0.835. The van der Waals surface area contributed by atoms with Crippen molar-refractivity contribution in [3.8, 4) is 0 Å². The molecule has 5 N–H and O–H groups in total. The van der Waals surface area contributed by atoms with E-state index in [2.05, 4.69) is 10.1 Å². The number of amides is 3. The van der Waals surface area contributed by atoms with Gasteiger partial charge in [0.05, 0.1) is 13.5 Å². The van der Waals surface area contributed by atoms with Crippen LogP contribution < -0.4 is 16.4 Å². The predicted molar refractivity (Wildman–Crippen MR) is 53.8 cm³/mol. The van der Waals surface area contributed by atoms with Gasteiger partial charge in [0, 0.05) is 0 Å². The molecule has 9 nitrogen and oxygen atoms in total. The third kappa shape index (κ3) is 6.71. The third-order valence-corrected chi connectivity index (χ3v) is 1.63. The van der Waals surface area contributed by atoms with E-state index in [1.165, 1.54) is 0 Å². The number of ether oxygens (including phenoxy) is 1. The monoisotopic (exact) mass is 247 g/mol. The summed E-state index contributed by atoms with van der Waals surface area (Å²) in [7, 11) is 1.13. The van der Waals surface area contributed by atoms with E-state index in [0.29, 0.717) is 0 Å². The van der Waals surface area contributed by atoms with Gasteiger partial charge in [-0.1, -0.05) is 0 Å². The highest BCUT2D eigenvalue weighted by atomic mass is 16.5. The Kier molecular flexibility index (Phi) is 6.08. The summed E-state index contributed by atoms with van der Waals surface area (Å²) in [5.41, 5.74) is 4.80. The summed E-state index contributed by atoms with van der Waals surface area (Å²) in [5.74, 6) is -2.97. The van der Waals surface area contributed by atoms with Gasteiger partial charge < -0.3 is 26.2 Å². The number of methoxy groups -OCH3 is 1. The van der Waals surface area contributed by atoms with Crippen molar-refractivity contribution in [1.29, 1.82) is 0 Å². The summed E-state index contributed by atoms with van der Waals surface area (Å²) in [5, 5.41) is 12.7. The van der Waals surface area contributed by atoms with Gasteiger partial charge in [0.15, 0.2) is 0 Å². The van der Waals surface area contributed by atoms with E-state index in [4.69, 9.17) is 10.8 Å². The molecule has 0 fully saturated rings. The lowest BCUT2D eigenvalue weighted by molar-refractivity contribution is -0.140. The largest absolute Gasteiger partial charge is 0.480 e. The molecule has 1 atom stereocenters. The van der Waals surface area contributed by atoms with Crippen LogP contribution in [0.1, 0.15) is 6.42 Å². The van der Waals surface area contributed by atoms with Crippen LogP contribution in [0.25, 0.3) is 0 Å². The van der Waals surface area contributed by atoms with Gasteiger partial charge in [0.1, 0.15) is 12.6 Å². The van der Waals surface area contributed by atoms with Crippen molar-refractivity contribution in [3.05, 3.63) is 0 Å². The maximum atomic E-state index is 11.1. The molecule has 9 heteroatoms. The van der Waals surface area contributed by atoms with Crippen LogP contribution in [0.5, 0.6) is 0 Å². The molecule has 0 rings (SSSR count). The van der Waals surface area contributed by atoms with E-state index in [1.54, 1.807) is 0 Å². The minimum Gasteiger partial charge on any atom is -0.480 e. The second-order valence-electron chi connectivity index (χ2n) is 2.96. The van der Waals surface area contributed by atoms with Crippen LogP contribution >= 0.6 is 0 Å². The van der Waals surface area contributed by atoms with Gasteiger partial charge in [0.25, 0.3) is 0 Å². The molecule has 17 heavy (non-hydrogen) atoms. The predicted octanol–water partition coefficient (Wildman–Crippen LogP) is -2.21. The Morgan fingerprint density at radius 2 is 1.94 bits per heavy atom. The number of hydrogen-bond acceptors (Lipinski definition) is 5. The van der Waals surface area contributed by atoms with Gasteiger partial charge >= 0.3 is 18.0 Å². The Morgan fingerprint density at radius 3 is 2.35 bits per heavy atom. The van der Waals surface area contributed by atoms with Crippen LogP contribution in [0.15, 0.2) is 0 Å². The average molecular weight is 247 g/mol. The number of carbonyl (C=O) groups is 4. The standard InChI is InChI=1S/C8H13N3O6/c1-17-6(13)3-10-8(16)11-4(7(14)15)2-5(9)12/h4H,2-3H2,1H3,(H2,9,12)(H,14,15)(H2,10,11,16)/t4-/m1/s1. The molecule has 0 radical (unpaired) electrons. The number of carboxylic acid groups (broad SMARTS) is 1. The molecular weight excluding hydrogens is 234 g/mol. The Balaban J connectivity index is 4.17. The minimum atomic E-state index is -1.44. The zero-order valence-corrected chi connectivity index (χ0v) is 9.06. The molecule has 3 amide bonds. The van der Waals surface area contributed by atoms with E-state index >= 15 is 0 Å². The molecule has 0 aromatic heterocycles. The first-order valence-electron chi connectivity index (χ1n) is 4.49. The SMILES string of the molecule is COC(=O)CNC(=O)N[C@H](CC(N)=O)C(=O)O. The van der Waals surface area contributed by atoms with Gasteiger partial charge in [0.2, 0.25) is 5.91 Å². The summed E-state index contributed by atoms with van der Waals surface area (Å²) < 4.78 is 4.25. The highest BCUT2D eigenvalue weighted by molar-refractivity contribution is 5.88. The van der Waals surface area contributed by atoms with E-state index in [1.807, 2.05) is 5.32 Å². The van der Waals surface area contributed by atoms with Gasteiger partial charge in [-0.3, -0.25) is 9.59 Å². The second kappa shape index (κ2) is 7.04. The molecule has 0 unspecified atom stereocenters.